The number of esters is 1. The van der Waals surface area contributed by atoms with Crippen molar-refractivity contribution in [3.8, 4) is 0 Å². The van der Waals surface area contributed by atoms with E-state index < -0.39 is 5.54 Å². The highest BCUT2D eigenvalue weighted by atomic mass is 79.9. The van der Waals surface area contributed by atoms with Gasteiger partial charge in [0.15, 0.2) is 0 Å². The van der Waals surface area contributed by atoms with Crippen molar-refractivity contribution in [2.45, 2.75) is 32.2 Å². The Morgan fingerprint density at radius 3 is 2.57 bits per heavy atom. The van der Waals surface area contributed by atoms with Crippen LogP contribution in [0, 0.1) is 0 Å². The first-order chi connectivity index (χ1) is 6.46. The maximum absolute atomic E-state index is 11.5. The zero-order valence-corrected chi connectivity index (χ0v) is 10.6. The zero-order valence-electron chi connectivity index (χ0n) is 9.02. The molecule has 1 unspecified atom stereocenters. The van der Waals surface area contributed by atoms with Crippen LogP contribution in [0.2, 0.25) is 0 Å². The maximum Gasteiger partial charge on any atom is 0.325 e. The first kappa shape index (κ1) is 13.7. The van der Waals surface area contributed by atoms with Crippen LogP contribution >= 0.6 is 15.9 Å². The molecule has 3 nitrogen and oxygen atoms in total. The molecule has 0 aromatic heterocycles. The molecule has 0 spiro atoms. The van der Waals surface area contributed by atoms with Gasteiger partial charge in [-0.2, -0.15) is 0 Å². The molecule has 0 bridgehead atoms. The van der Waals surface area contributed by atoms with Gasteiger partial charge in [0.2, 0.25) is 0 Å². The second kappa shape index (κ2) is 6.19. The second-order valence-corrected chi connectivity index (χ2v) is 4.57. The normalized spacial score (nSPS) is 14.6. The first-order valence-electron chi connectivity index (χ1n) is 4.63. The molecule has 0 heterocycles. The molecule has 0 amide bonds. The Morgan fingerprint density at radius 1 is 1.64 bits per heavy atom. The third-order valence-corrected chi connectivity index (χ3v) is 2.34. The molecule has 0 rings (SSSR count). The van der Waals surface area contributed by atoms with Gasteiger partial charge in [0.05, 0.1) is 7.11 Å². The molecule has 0 radical (unpaired) electrons. The number of methoxy groups -OCH3 is 1. The van der Waals surface area contributed by atoms with Gasteiger partial charge >= 0.3 is 5.97 Å². The Labute approximate surface area is 94.0 Å². The second-order valence-electron chi connectivity index (χ2n) is 3.44. The molecule has 0 aliphatic rings. The molecule has 0 aromatic rings. The topological polar surface area (TPSA) is 38.3 Å². The third kappa shape index (κ3) is 4.24. The van der Waals surface area contributed by atoms with Crippen molar-refractivity contribution in [2.24, 2.45) is 0 Å². The molecule has 1 atom stereocenters. The molecule has 14 heavy (non-hydrogen) atoms. The lowest BCUT2D eigenvalue weighted by Gasteiger charge is -2.27. The molecule has 0 aromatic carbocycles. The summed E-state index contributed by atoms with van der Waals surface area (Å²) in [5, 5.41) is 3.13. The summed E-state index contributed by atoms with van der Waals surface area (Å²) in [5.74, 6) is -0.229. The summed E-state index contributed by atoms with van der Waals surface area (Å²) in [6.45, 7) is 8.15. The van der Waals surface area contributed by atoms with Crippen LogP contribution in [0.3, 0.4) is 0 Å². The van der Waals surface area contributed by atoms with Gasteiger partial charge in [0, 0.05) is 11.0 Å². The van der Waals surface area contributed by atoms with E-state index in [9.17, 15) is 4.79 Å². The van der Waals surface area contributed by atoms with Crippen molar-refractivity contribution in [2.75, 3.05) is 13.7 Å². The van der Waals surface area contributed by atoms with Crippen molar-refractivity contribution in [3.63, 3.8) is 0 Å². The quantitative estimate of drug-likeness (QED) is 0.747. The number of carbonyl (C=O) groups excluding carboxylic acids is 1. The Bertz CT molecular complexity index is 218. The molecular formula is C10H18BrNO2. The molecule has 0 fully saturated rings. The Balaban J connectivity index is 4.38. The van der Waals surface area contributed by atoms with E-state index in [0.29, 0.717) is 6.54 Å². The Kier molecular flexibility index (Phi) is 6.04. The molecule has 82 valence electrons. The largest absolute Gasteiger partial charge is 0.468 e. The van der Waals surface area contributed by atoms with E-state index in [1.54, 1.807) is 0 Å². The number of carbonyl (C=O) groups is 1. The monoisotopic (exact) mass is 263 g/mol. The lowest BCUT2D eigenvalue weighted by atomic mass is 9.96. The maximum atomic E-state index is 11.5. The average molecular weight is 264 g/mol. The van der Waals surface area contributed by atoms with E-state index in [4.69, 9.17) is 4.74 Å². The molecule has 0 saturated carbocycles. The van der Waals surface area contributed by atoms with Gasteiger partial charge in [0.25, 0.3) is 0 Å². The molecule has 4 heteroatoms. The minimum atomic E-state index is -0.611. The van der Waals surface area contributed by atoms with E-state index >= 15 is 0 Å². The van der Waals surface area contributed by atoms with E-state index in [1.807, 2.05) is 13.8 Å². The summed E-state index contributed by atoms with van der Waals surface area (Å²) >= 11 is 3.24. The molecule has 0 aliphatic carbocycles. The lowest BCUT2D eigenvalue weighted by Crippen LogP contribution is -2.50. The summed E-state index contributed by atoms with van der Waals surface area (Å²) in [6, 6.07) is 0. The fraction of sp³-hybridized carbons (Fsp3) is 0.700. The molecular weight excluding hydrogens is 246 g/mol. The predicted octanol–water partition coefficient (Wildman–Crippen LogP) is 2.22. The number of hydrogen-bond donors (Lipinski definition) is 1. The fourth-order valence-corrected chi connectivity index (χ4v) is 1.42. The van der Waals surface area contributed by atoms with Gasteiger partial charge in [-0.05, 0) is 13.3 Å². The van der Waals surface area contributed by atoms with E-state index in [-0.39, 0.29) is 5.97 Å². The summed E-state index contributed by atoms with van der Waals surface area (Å²) in [5.41, 5.74) is -0.611. The van der Waals surface area contributed by atoms with E-state index in [1.165, 1.54) is 7.11 Å². The zero-order chi connectivity index (χ0) is 11.2. The lowest BCUT2D eigenvalue weighted by molar-refractivity contribution is -0.148. The van der Waals surface area contributed by atoms with Crippen LogP contribution in [-0.4, -0.2) is 25.2 Å². The fourth-order valence-electron chi connectivity index (χ4n) is 1.28. The molecule has 0 saturated heterocycles. The van der Waals surface area contributed by atoms with Crippen molar-refractivity contribution in [1.29, 1.82) is 0 Å². The van der Waals surface area contributed by atoms with Gasteiger partial charge in [-0.1, -0.05) is 35.9 Å². The van der Waals surface area contributed by atoms with E-state index in [2.05, 4.69) is 27.8 Å². The third-order valence-electron chi connectivity index (χ3n) is 2.06. The SMILES string of the molecule is C=C(Br)CNC(C)(CCC)C(=O)OC. The molecule has 1 N–H and O–H groups in total. The highest BCUT2D eigenvalue weighted by Gasteiger charge is 2.32. The summed E-state index contributed by atoms with van der Waals surface area (Å²) < 4.78 is 5.58. The number of halogens is 1. The van der Waals surface area contributed by atoms with Crippen LogP contribution < -0.4 is 5.32 Å². The van der Waals surface area contributed by atoms with Crippen LogP contribution in [0.1, 0.15) is 26.7 Å². The highest BCUT2D eigenvalue weighted by Crippen LogP contribution is 2.15. The summed E-state index contributed by atoms with van der Waals surface area (Å²) in [4.78, 5) is 11.5. The summed E-state index contributed by atoms with van der Waals surface area (Å²) in [7, 11) is 1.40. The van der Waals surface area contributed by atoms with Crippen LogP contribution in [0.5, 0.6) is 0 Å². The minimum absolute atomic E-state index is 0.229. The molecule has 0 aliphatic heterocycles. The highest BCUT2D eigenvalue weighted by molar-refractivity contribution is 9.11. The van der Waals surface area contributed by atoms with Crippen molar-refractivity contribution >= 4 is 21.9 Å². The number of ether oxygens (including phenoxy) is 1. The van der Waals surface area contributed by atoms with Gasteiger partial charge in [0.1, 0.15) is 5.54 Å². The number of hydrogen-bond acceptors (Lipinski definition) is 3. The van der Waals surface area contributed by atoms with Gasteiger partial charge in [-0.15, -0.1) is 0 Å². The Morgan fingerprint density at radius 2 is 2.21 bits per heavy atom. The van der Waals surface area contributed by atoms with Crippen molar-refractivity contribution < 1.29 is 9.53 Å². The standard InChI is InChI=1S/C10H18BrNO2/c1-5-6-10(3,9(13)14-4)12-7-8(2)11/h12H,2,5-7H2,1,3-4H3. The van der Waals surface area contributed by atoms with Crippen LogP contribution in [0.15, 0.2) is 11.1 Å². The number of rotatable bonds is 6. The van der Waals surface area contributed by atoms with Gasteiger partial charge < -0.3 is 4.74 Å². The average Bonchev–Trinajstić information content (AvgIpc) is 2.14. The number of nitrogens with one attached hydrogen (secondary N) is 1. The summed E-state index contributed by atoms with van der Waals surface area (Å²) in [6.07, 6.45) is 1.67. The predicted molar refractivity (Wildman–Crippen MR) is 61.4 cm³/mol. The minimum Gasteiger partial charge on any atom is -0.468 e. The van der Waals surface area contributed by atoms with E-state index in [0.717, 1.165) is 17.3 Å². The first-order valence-corrected chi connectivity index (χ1v) is 5.42. The van der Waals surface area contributed by atoms with Crippen molar-refractivity contribution in [1.82, 2.24) is 5.32 Å². The van der Waals surface area contributed by atoms with Crippen LogP contribution in [0.25, 0.3) is 0 Å². The van der Waals surface area contributed by atoms with Crippen LogP contribution in [-0.2, 0) is 9.53 Å². The van der Waals surface area contributed by atoms with Crippen molar-refractivity contribution in [3.05, 3.63) is 11.1 Å². The van der Waals surface area contributed by atoms with Gasteiger partial charge in [-0.25, -0.2) is 0 Å². The smallest absolute Gasteiger partial charge is 0.325 e. The Hall–Kier alpha value is -0.350. The van der Waals surface area contributed by atoms with Gasteiger partial charge in [-0.3, -0.25) is 10.1 Å². The van der Waals surface area contributed by atoms with Crippen LogP contribution in [0.4, 0.5) is 0 Å².